The van der Waals surface area contributed by atoms with Gasteiger partial charge < -0.3 is 5.73 Å². The van der Waals surface area contributed by atoms with Crippen molar-refractivity contribution < 1.29 is 0 Å². The van der Waals surface area contributed by atoms with E-state index in [-0.39, 0.29) is 0 Å². The number of nitrogens with two attached hydrogens (primary N) is 1. The molecule has 2 aromatic heterocycles. The molecular weight excluding hydrogens is 162 g/mol. The van der Waals surface area contributed by atoms with E-state index in [0.717, 1.165) is 11.1 Å². The summed E-state index contributed by atoms with van der Waals surface area (Å²) in [5.74, 6) is 0.538. The topological polar surface area (TPSA) is 51.8 Å². The average Bonchev–Trinajstić information content (AvgIpc) is 2.20. The van der Waals surface area contributed by atoms with Crippen LogP contribution in [-0.2, 0) is 0 Å². The van der Waals surface area contributed by atoms with Crippen LogP contribution in [0.4, 0.5) is 5.82 Å². The molecule has 0 amide bonds. The third-order valence-corrected chi connectivity index (χ3v) is 1.81. The van der Waals surface area contributed by atoms with Crippen LogP contribution in [0.2, 0.25) is 0 Å². The molecule has 2 rings (SSSR count). The zero-order valence-electron chi connectivity index (χ0n) is 7.01. The molecule has 2 aromatic rings. The van der Waals surface area contributed by atoms with Crippen molar-refractivity contribution in [2.24, 2.45) is 0 Å². The van der Waals surface area contributed by atoms with Gasteiger partial charge in [-0.25, -0.2) is 4.98 Å². The van der Waals surface area contributed by atoms with E-state index >= 15 is 0 Å². The van der Waals surface area contributed by atoms with Crippen LogP contribution in [0.5, 0.6) is 0 Å². The maximum absolute atomic E-state index is 5.71. The van der Waals surface area contributed by atoms with Gasteiger partial charge in [0.25, 0.3) is 0 Å². The Morgan fingerprint density at radius 2 is 1.92 bits per heavy atom. The van der Waals surface area contributed by atoms with Gasteiger partial charge in [0.1, 0.15) is 5.82 Å². The van der Waals surface area contributed by atoms with Gasteiger partial charge in [-0.1, -0.05) is 6.07 Å². The maximum Gasteiger partial charge on any atom is 0.131 e. The molecule has 3 heteroatoms. The molecule has 0 unspecified atom stereocenters. The molecule has 0 aliphatic carbocycles. The van der Waals surface area contributed by atoms with E-state index in [2.05, 4.69) is 9.97 Å². The molecule has 3 nitrogen and oxygen atoms in total. The van der Waals surface area contributed by atoms with Crippen molar-refractivity contribution in [3.8, 4) is 11.1 Å². The SMILES string of the molecule is Nc1ncccc1-c1cccnc1. The fourth-order valence-electron chi connectivity index (χ4n) is 1.18. The van der Waals surface area contributed by atoms with Crippen molar-refractivity contribution in [1.82, 2.24) is 9.97 Å². The second-order valence-corrected chi connectivity index (χ2v) is 2.68. The van der Waals surface area contributed by atoms with Gasteiger partial charge in [0.15, 0.2) is 0 Å². The molecule has 0 aromatic carbocycles. The van der Waals surface area contributed by atoms with Gasteiger partial charge in [-0.3, -0.25) is 4.98 Å². The maximum atomic E-state index is 5.71. The van der Waals surface area contributed by atoms with Gasteiger partial charge >= 0.3 is 0 Å². The Hall–Kier alpha value is -1.90. The van der Waals surface area contributed by atoms with Crippen LogP contribution in [0.1, 0.15) is 0 Å². The number of rotatable bonds is 1. The number of pyridine rings is 2. The van der Waals surface area contributed by atoms with E-state index in [0.29, 0.717) is 5.82 Å². The van der Waals surface area contributed by atoms with Gasteiger partial charge in [-0.2, -0.15) is 0 Å². The van der Waals surface area contributed by atoms with Crippen molar-refractivity contribution in [2.75, 3.05) is 5.73 Å². The highest BCUT2D eigenvalue weighted by molar-refractivity contribution is 5.72. The van der Waals surface area contributed by atoms with Crippen molar-refractivity contribution >= 4 is 5.82 Å². The van der Waals surface area contributed by atoms with Gasteiger partial charge in [0.05, 0.1) is 0 Å². The second-order valence-electron chi connectivity index (χ2n) is 2.68. The zero-order chi connectivity index (χ0) is 9.10. The lowest BCUT2D eigenvalue weighted by Gasteiger charge is -2.02. The fourth-order valence-corrected chi connectivity index (χ4v) is 1.18. The molecule has 0 aliphatic heterocycles. The van der Waals surface area contributed by atoms with E-state index in [1.54, 1.807) is 18.6 Å². The predicted octanol–water partition coefficient (Wildman–Crippen LogP) is 1.73. The summed E-state index contributed by atoms with van der Waals surface area (Å²) >= 11 is 0. The average molecular weight is 171 g/mol. The molecule has 0 bridgehead atoms. The highest BCUT2D eigenvalue weighted by Crippen LogP contribution is 2.21. The summed E-state index contributed by atoms with van der Waals surface area (Å²) < 4.78 is 0. The summed E-state index contributed by atoms with van der Waals surface area (Å²) in [5.41, 5.74) is 7.63. The molecule has 0 radical (unpaired) electrons. The first-order chi connectivity index (χ1) is 6.38. The zero-order valence-corrected chi connectivity index (χ0v) is 7.01. The van der Waals surface area contributed by atoms with Crippen molar-refractivity contribution in [1.29, 1.82) is 0 Å². The van der Waals surface area contributed by atoms with Crippen LogP contribution in [0.3, 0.4) is 0 Å². The molecule has 13 heavy (non-hydrogen) atoms. The van der Waals surface area contributed by atoms with Crippen LogP contribution in [0, 0.1) is 0 Å². The van der Waals surface area contributed by atoms with Gasteiger partial charge in [-0.15, -0.1) is 0 Å². The molecule has 0 atom stereocenters. The van der Waals surface area contributed by atoms with Crippen molar-refractivity contribution in [3.63, 3.8) is 0 Å². The van der Waals surface area contributed by atoms with E-state index in [1.807, 2.05) is 24.3 Å². The standard InChI is InChI=1S/C10H9N3/c11-10-9(4-2-6-13-10)8-3-1-5-12-7-8/h1-7H,(H2,11,13). The lowest BCUT2D eigenvalue weighted by Crippen LogP contribution is -1.92. The number of hydrogen-bond donors (Lipinski definition) is 1. The van der Waals surface area contributed by atoms with Crippen molar-refractivity contribution in [2.45, 2.75) is 0 Å². The number of aromatic nitrogens is 2. The smallest absolute Gasteiger partial charge is 0.131 e. The summed E-state index contributed by atoms with van der Waals surface area (Å²) in [6.07, 6.45) is 5.18. The molecule has 2 N–H and O–H groups in total. The minimum atomic E-state index is 0.538. The Bertz CT molecular complexity index is 398. The Kier molecular flexibility index (Phi) is 1.92. The van der Waals surface area contributed by atoms with E-state index < -0.39 is 0 Å². The van der Waals surface area contributed by atoms with Crippen LogP contribution in [0.25, 0.3) is 11.1 Å². The lowest BCUT2D eigenvalue weighted by molar-refractivity contribution is 1.30. The quantitative estimate of drug-likeness (QED) is 0.710. The van der Waals surface area contributed by atoms with Crippen LogP contribution in [-0.4, -0.2) is 9.97 Å². The number of nitrogens with zero attached hydrogens (tertiary/aromatic N) is 2. The largest absolute Gasteiger partial charge is 0.383 e. The first-order valence-electron chi connectivity index (χ1n) is 3.99. The Balaban J connectivity index is 2.54. The van der Waals surface area contributed by atoms with Crippen LogP contribution < -0.4 is 5.73 Å². The van der Waals surface area contributed by atoms with Gasteiger partial charge in [-0.05, 0) is 18.2 Å². The normalized spacial score (nSPS) is 9.85. The third kappa shape index (κ3) is 1.49. The first-order valence-corrected chi connectivity index (χ1v) is 3.99. The minimum absolute atomic E-state index is 0.538. The third-order valence-electron chi connectivity index (χ3n) is 1.81. The van der Waals surface area contributed by atoms with E-state index in [9.17, 15) is 0 Å². The Labute approximate surface area is 76.3 Å². The van der Waals surface area contributed by atoms with Gasteiger partial charge in [0, 0.05) is 29.7 Å². The monoisotopic (exact) mass is 171 g/mol. The number of anilines is 1. The minimum Gasteiger partial charge on any atom is -0.383 e. The summed E-state index contributed by atoms with van der Waals surface area (Å²) in [6.45, 7) is 0. The predicted molar refractivity (Wildman–Crippen MR) is 51.9 cm³/mol. The lowest BCUT2D eigenvalue weighted by atomic mass is 10.1. The van der Waals surface area contributed by atoms with E-state index in [4.69, 9.17) is 5.73 Å². The fraction of sp³-hybridized carbons (Fsp3) is 0. The van der Waals surface area contributed by atoms with E-state index in [1.165, 1.54) is 0 Å². The number of nitrogen functional groups attached to an aromatic ring is 1. The van der Waals surface area contributed by atoms with Crippen LogP contribution >= 0.6 is 0 Å². The summed E-state index contributed by atoms with van der Waals surface area (Å²) in [7, 11) is 0. The van der Waals surface area contributed by atoms with Crippen molar-refractivity contribution in [3.05, 3.63) is 42.9 Å². The molecule has 0 fully saturated rings. The summed E-state index contributed by atoms with van der Waals surface area (Å²) in [4.78, 5) is 8.02. The number of hydrogen-bond acceptors (Lipinski definition) is 3. The molecular formula is C10H9N3. The Morgan fingerprint density at radius 3 is 2.62 bits per heavy atom. The highest BCUT2D eigenvalue weighted by atomic mass is 14.8. The summed E-state index contributed by atoms with van der Waals surface area (Å²) in [5, 5.41) is 0. The molecule has 0 saturated carbocycles. The molecule has 0 aliphatic rings. The van der Waals surface area contributed by atoms with Crippen LogP contribution in [0.15, 0.2) is 42.9 Å². The molecule has 64 valence electrons. The summed E-state index contributed by atoms with van der Waals surface area (Å²) in [6, 6.07) is 7.63. The Morgan fingerprint density at radius 1 is 1.08 bits per heavy atom. The molecule has 0 saturated heterocycles. The highest BCUT2D eigenvalue weighted by Gasteiger charge is 2.00. The molecule has 2 heterocycles. The molecule has 0 spiro atoms. The first kappa shape index (κ1) is 7.73. The van der Waals surface area contributed by atoms with Gasteiger partial charge in [0.2, 0.25) is 0 Å². The second kappa shape index (κ2) is 3.23.